The Hall–Kier alpha value is -3.50. The smallest absolute Gasteiger partial charge is 0.259 e. The van der Waals surface area contributed by atoms with E-state index in [0.29, 0.717) is 48.0 Å². The number of fused-ring (bicyclic) bond motifs is 1. The minimum atomic E-state index is -1.26. The van der Waals surface area contributed by atoms with Gasteiger partial charge in [0.15, 0.2) is 5.15 Å². The molecule has 8 nitrogen and oxygen atoms in total. The summed E-state index contributed by atoms with van der Waals surface area (Å²) in [4.78, 5) is 26.2. The molecule has 1 aliphatic heterocycles. The molecule has 1 saturated heterocycles. The molecule has 5 rings (SSSR count). The van der Waals surface area contributed by atoms with Gasteiger partial charge < -0.3 is 15.1 Å². The average molecular weight is 583 g/mol. The lowest BCUT2D eigenvalue weighted by atomic mass is 9.97. The Morgan fingerprint density at radius 2 is 1.75 bits per heavy atom. The number of piperazine rings is 1. The lowest BCUT2D eigenvalue weighted by molar-refractivity contribution is 0.610. The third-order valence-electron chi connectivity index (χ3n) is 7.35. The van der Waals surface area contributed by atoms with Gasteiger partial charge in [-0.15, -0.1) is 0 Å². The van der Waals surface area contributed by atoms with Gasteiger partial charge in [0.2, 0.25) is 0 Å². The molecular weight excluding hydrogens is 551 g/mol. The van der Waals surface area contributed by atoms with Gasteiger partial charge in [0.05, 0.1) is 28.4 Å². The van der Waals surface area contributed by atoms with E-state index < -0.39 is 16.6 Å². The van der Waals surface area contributed by atoms with Crippen LogP contribution in [0.25, 0.3) is 10.8 Å². The van der Waals surface area contributed by atoms with Crippen molar-refractivity contribution in [1.29, 1.82) is 0 Å². The highest BCUT2D eigenvalue weighted by atomic mass is 35.5. The number of rotatable bonds is 6. The summed E-state index contributed by atoms with van der Waals surface area (Å²) in [7, 11) is 0.534. The number of aryl methyl sites for hydroxylation is 2. The molecule has 0 amide bonds. The number of halogens is 2. The van der Waals surface area contributed by atoms with Gasteiger partial charge in [-0.25, -0.2) is 14.4 Å². The van der Waals surface area contributed by atoms with Crippen LogP contribution in [0, 0.1) is 19.7 Å². The first-order valence-electron chi connectivity index (χ1n) is 13.1. The maximum Gasteiger partial charge on any atom is 0.259 e. The number of hydrogen-bond donors (Lipinski definition) is 1. The molecule has 1 N–H and O–H groups in total. The van der Waals surface area contributed by atoms with Gasteiger partial charge in [0.25, 0.3) is 5.56 Å². The minimum absolute atomic E-state index is 0.0724. The molecule has 3 aromatic heterocycles. The van der Waals surface area contributed by atoms with Gasteiger partial charge in [-0.3, -0.25) is 13.6 Å². The molecule has 1 unspecified atom stereocenters. The predicted molar refractivity (Wildman–Crippen MR) is 161 cm³/mol. The summed E-state index contributed by atoms with van der Waals surface area (Å²) in [5, 5.41) is 5.78. The summed E-state index contributed by atoms with van der Waals surface area (Å²) in [5.41, 5.74) is 3.96. The van der Waals surface area contributed by atoms with E-state index >= 15 is 0 Å². The Balaban J connectivity index is 1.49. The number of pyridine rings is 3. The van der Waals surface area contributed by atoms with Crippen molar-refractivity contribution < 1.29 is 8.60 Å². The zero-order valence-corrected chi connectivity index (χ0v) is 24.7. The molecule has 4 aromatic rings. The van der Waals surface area contributed by atoms with Crippen molar-refractivity contribution in [3.8, 4) is 0 Å². The Morgan fingerprint density at radius 1 is 1.05 bits per heavy atom. The van der Waals surface area contributed by atoms with Crippen molar-refractivity contribution in [3.05, 3.63) is 80.7 Å². The number of hydrogen-bond acceptors (Lipinski definition) is 7. The topological polar surface area (TPSA) is 83.4 Å². The Labute approximate surface area is 240 Å². The quantitative estimate of drug-likeness (QED) is 0.321. The van der Waals surface area contributed by atoms with Crippen LogP contribution < -0.4 is 20.7 Å². The lowest BCUT2D eigenvalue weighted by Gasteiger charge is -2.38. The first kappa shape index (κ1) is 28.0. The second-order valence-electron chi connectivity index (χ2n) is 10.2. The van der Waals surface area contributed by atoms with Gasteiger partial charge in [0.1, 0.15) is 16.7 Å². The summed E-state index contributed by atoms with van der Waals surface area (Å²) in [6.45, 7) is 8.35. The molecule has 0 aliphatic carbocycles. The highest BCUT2D eigenvalue weighted by Gasteiger charge is 2.24. The summed E-state index contributed by atoms with van der Waals surface area (Å²) < 4.78 is 27.9. The lowest BCUT2D eigenvalue weighted by Crippen LogP contribution is -2.48. The van der Waals surface area contributed by atoms with Crippen LogP contribution >= 0.6 is 11.6 Å². The molecule has 40 heavy (non-hydrogen) atoms. The van der Waals surface area contributed by atoms with Gasteiger partial charge in [-0.2, -0.15) is 0 Å². The molecule has 0 spiro atoms. The third kappa shape index (κ3) is 5.42. The Morgan fingerprint density at radius 3 is 2.45 bits per heavy atom. The van der Waals surface area contributed by atoms with E-state index in [1.807, 2.05) is 43.9 Å². The summed E-state index contributed by atoms with van der Waals surface area (Å²) >= 11 is 6.24. The largest absolute Gasteiger partial charge is 0.376 e. The van der Waals surface area contributed by atoms with Gasteiger partial charge >= 0.3 is 0 Å². The van der Waals surface area contributed by atoms with Crippen LogP contribution in [0.4, 0.5) is 21.6 Å². The van der Waals surface area contributed by atoms with Crippen LogP contribution in [0.5, 0.6) is 0 Å². The third-order valence-corrected chi connectivity index (χ3v) is 8.50. The number of anilines is 3. The van der Waals surface area contributed by atoms with Crippen molar-refractivity contribution in [1.82, 2.24) is 14.5 Å². The van der Waals surface area contributed by atoms with Crippen molar-refractivity contribution in [3.63, 3.8) is 0 Å². The van der Waals surface area contributed by atoms with Crippen LogP contribution in [0.2, 0.25) is 5.15 Å². The van der Waals surface area contributed by atoms with E-state index in [0.717, 1.165) is 34.2 Å². The van der Waals surface area contributed by atoms with Crippen LogP contribution in [0.1, 0.15) is 29.8 Å². The number of benzene rings is 1. The van der Waals surface area contributed by atoms with E-state index in [9.17, 15) is 13.4 Å². The highest BCUT2D eigenvalue weighted by Crippen LogP contribution is 2.32. The number of nitrogens with one attached hydrogen (secondary N) is 1. The van der Waals surface area contributed by atoms with Gasteiger partial charge in [0, 0.05) is 62.7 Å². The van der Waals surface area contributed by atoms with Crippen molar-refractivity contribution >= 4 is 50.4 Å². The van der Waals surface area contributed by atoms with Crippen LogP contribution in [-0.2, 0) is 17.8 Å². The second kappa shape index (κ2) is 11.2. The first-order valence-corrected chi connectivity index (χ1v) is 15.0. The number of nitrogens with zero attached hydrogens (tertiary/aromatic N) is 5. The molecule has 0 bridgehead atoms. The predicted octanol–water partition coefficient (Wildman–Crippen LogP) is 4.97. The monoisotopic (exact) mass is 582 g/mol. The van der Waals surface area contributed by atoms with Gasteiger partial charge in [-0.1, -0.05) is 17.7 Å². The summed E-state index contributed by atoms with van der Waals surface area (Å²) in [6.07, 6.45) is 2.73. The summed E-state index contributed by atoms with van der Waals surface area (Å²) in [6, 6.07) is 11.1. The fourth-order valence-corrected chi connectivity index (χ4v) is 6.25. The van der Waals surface area contributed by atoms with E-state index in [4.69, 9.17) is 11.6 Å². The Bertz CT molecular complexity index is 1690. The molecular formula is C29H32ClFN6O2S. The Kier molecular flexibility index (Phi) is 7.83. The zero-order valence-electron chi connectivity index (χ0n) is 23.2. The molecule has 1 fully saturated rings. The van der Waals surface area contributed by atoms with Crippen LogP contribution in [0.15, 0.2) is 52.4 Å². The summed E-state index contributed by atoms with van der Waals surface area (Å²) in [5.74, 6) is 0.383. The molecule has 1 aliphatic rings. The number of aromatic nitrogens is 3. The fourth-order valence-electron chi connectivity index (χ4n) is 5.32. The molecule has 0 radical (unpaired) electrons. The van der Waals surface area contributed by atoms with Crippen molar-refractivity contribution in [2.45, 2.75) is 31.8 Å². The van der Waals surface area contributed by atoms with E-state index in [1.165, 1.54) is 6.07 Å². The molecule has 0 saturated carbocycles. The van der Waals surface area contributed by atoms with Crippen LogP contribution in [0.3, 0.4) is 0 Å². The normalized spacial score (nSPS) is 15.4. The molecule has 2 atom stereocenters. The molecule has 11 heteroatoms. The molecule has 4 heterocycles. The van der Waals surface area contributed by atoms with E-state index in [1.54, 1.807) is 17.9 Å². The minimum Gasteiger partial charge on any atom is -0.376 e. The first-order chi connectivity index (χ1) is 19.0. The van der Waals surface area contributed by atoms with Crippen molar-refractivity contribution in [2.75, 3.05) is 47.6 Å². The van der Waals surface area contributed by atoms with Crippen LogP contribution in [-0.4, -0.2) is 51.2 Å². The fraction of sp³-hybridized carbons (Fsp3) is 0.345. The highest BCUT2D eigenvalue weighted by molar-refractivity contribution is 7.84. The molecule has 1 aromatic carbocycles. The van der Waals surface area contributed by atoms with Gasteiger partial charge in [-0.05, 0) is 61.5 Å². The second-order valence-corrected chi connectivity index (χ2v) is 11.9. The maximum atomic E-state index is 13.8. The maximum absolute atomic E-state index is 13.8. The average Bonchev–Trinajstić information content (AvgIpc) is 2.93. The zero-order chi connectivity index (χ0) is 28.7. The molecule has 210 valence electrons. The van der Waals surface area contributed by atoms with E-state index in [-0.39, 0.29) is 16.8 Å². The standard InChI is InChI=1S/C29H32ClFN6O2S/c1-17-12-21(19(3)34-24-7-6-18(2)33-28(24)40(5)39)22-15-26(35(4)29(38)23(22)13-17)37-10-8-36(9-11-37)25-14-20(31)16-32-27(25)30/h6-7,12-16,19,34H,8-11H2,1-5H3/t19-,40?/m1/s1. The SMILES string of the molecule is Cc1cc([C@@H](C)Nc2ccc(C)nc2S(C)=O)c2cc(N3CCN(c4cc(F)cnc4Cl)CC3)n(C)c(=O)c2c1. The van der Waals surface area contributed by atoms with Crippen molar-refractivity contribution in [2.24, 2.45) is 7.05 Å². The van der Waals surface area contributed by atoms with E-state index in [2.05, 4.69) is 32.3 Å².